The van der Waals surface area contributed by atoms with Gasteiger partial charge in [0.15, 0.2) is 0 Å². The molecule has 0 fully saturated rings. The summed E-state index contributed by atoms with van der Waals surface area (Å²) < 4.78 is 0.844. The van der Waals surface area contributed by atoms with Crippen LogP contribution in [0.4, 0.5) is 11.5 Å². The molecule has 1 unspecified atom stereocenters. The average Bonchev–Trinajstić information content (AvgIpc) is 2.16. The summed E-state index contributed by atoms with van der Waals surface area (Å²) in [6, 6.07) is 1.77. The fourth-order valence-electron chi connectivity index (χ4n) is 0.961. The van der Waals surface area contributed by atoms with E-state index in [0.29, 0.717) is 24.5 Å². The number of nitrogen functional groups attached to an aromatic ring is 1. The van der Waals surface area contributed by atoms with Crippen LogP contribution >= 0.6 is 15.9 Å². The minimum atomic E-state index is -0.361. The van der Waals surface area contributed by atoms with E-state index in [4.69, 9.17) is 5.73 Å². The predicted octanol–water partition coefficient (Wildman–Crippen LogP) is 1.61. The molecule has 0 bridgehead atoms. The van der Waals surface area contributed by atoms with E-state index < -0.39 is 0 Å². The van der Waals surface area contributed by atoms with Gasteiger partial charge in [-0.15, -0.1) is 0 Å². The lowest BCUT2D eigenvalue weighted by atomic mass is 10.3. The zero-order valence-corrected chi connectivity index (χ0v) is 9.58. The zero-order chi connectivity index (χ0) is 10.6. The van der Waals surface area contributed by atoms with E-state index in [-0.39, 0.29) is 6.10 Å². The van der Waals surface area contributed by atoms with Gasteiger partial charge in [0.2, 0.25) is 0 Å². The summed E-state index contributed by atoms with van der Waals surface area (Å²) in [6.45, 7) is 2.39. The van der Waals surface area contributed by atoms with Crippen molar-refractivity contribution >= 4 is 27.4 Å². The van der Waals surface area contributed by atoms with Crippen molar-refractivity contribution in [3.05, 3.63) is 16.7 Å². The van der Waals surface area contributed by atoms with Gasteiger partial charge in [-0.3, -0.25) is 0 Å². The molecule has 0 spiro atoms. The third-order valence-corrected chi connectivity index (χ3v) is 2.29. The maximum atomic E-state index is 9.32. The quantitative estimate of drug-likeness (QED) is 0.769. The number of halogens is 1. The van der Waals surface area contributed by atoms with Crippen LogP contribution in [0.5, 0.6) is 0 Å². The topological polar surface area (TPSA) is 71.2 Å². The van der Waals surface area contributed by atoms with Crippen LogP contribution in [0.25, 0.3) is 0 Å². The molecule has 4 N–H and O–H groups in total. The third-order valence-electron chi connectivity index (χ3n) is 1.86. The van der Waals surface area contributed by atoms with Gasteiger partial charge < -0.3 is 16.2 Å². The monoisotopic (exact) mass is 259 g/mol. The zero-order valence-electron chi connectivity index (χ0n) is 8.00. The molecule has 4 nitrogen and oxygen atoms in total. The van der Waals surface area contributed by atoms with Gasteiger partial charge in [-0.1, -0.05) is 6.92 Å². The van der Waals surface area contributed by atoms with E-state index in [1.54, 1.807) is 12.3 Å². The molecule has 5 heteroatoms. The number of hydrogen-bond donors (Lipinski definition) is 3. The van der Waals surface area contributed by atoms with Crippen molar-refractivity contribution in [1.82, 2.24) is 4.98 Å². The lowest BCUT2D eigenvalue weighted by Gasteiger charge is -2.11. The van der Waals surface area contributed by atoms with Crippen LogP contribution in [0.1, 0.15) is 13.3 Å². The van der Waals surface area contributed by atoms with Gasteiger partial charge in [0.1, 0.15) is 5.82 Å². The van der Waals surface area contributed by atoms with Gasteiger partial charge in [0, 0.05) is 17.2 Å². The highest BCUT2D eigenvalue weighted by Crippen LogP contribution is 2.19. The van der Waals surface area contributed by atoms with E-state index in [2.05, 4.69) is 26.2 Å². The van der Waals surface area contributed by atoms with Crippen molar-refractivity contribution in [1.29, 1.82) is 0 Å². The van der Waals surface area contributed by atoms with Crippen molar-refractivity contribution in [3.63, 3.8) is 0 Å². The number of anilines is 2. The highest BCUT2D eigenvalue weighted by molar-refractivity contribution is 9.10. The standard InChI is InChI=1S/C9H14BrN3O/c1-2-7(14)5-13-9-8(11)3-6(10)4-12-9/h3-4,7,14H,2,5,11H2,1H3,(H,12,13). The number of nitrogens with one attached hydrogen (secondary N) is 1. The number of pyridine rings is 1. The maximum absolute atomic E-state index is 9.32. The molecule has 0 aliphatic heterocycles. The van der Waals surface area contributed by atoms with Crippen LogP contribution in [0.15, 0.2) is 16.7 Å². The number of nitrogens with two attached hydrogens (primary N) is 1. The molecular formula is C9H14BrN3O. The highest BCUT2D eigenvalue weighted by atomic mass is 79.9. The molecule has 0 saturated heterocycles. The number of aliphatic hydroxyl groups excluding tert-OH is 1. The lowest BCUT2D eigenvalue weighted by molar-refractivity contribution is 0.183. The minimum absolute atomic E-state index is 0.361. The maximum Gasteiger partial charge on any atom is 0.149 e. The van der Waals surface area contributed by atoms with Crippen LogP contribution in [0.2, 0.25) is 0 Å². The molecule has 14 heavy (non-hydrogen) atoms. The summed E-state index contributed by atoms with van der Waals surface area (Å²) in [4.78, 5) is 4.09. The first-order valence-corrected chi connectivity index (χ1v) is 5.25. The van der Waals surface area contributed by atoms with Crippen LogP contribution in [-0.4, -0.2) is 22.7 Å². The molecule has 0 aliphatic rings. The van der Waals surface area contributed by atoms with Gasteiger partial charge in [-0.25, -0.2) is 4.98 Å². The molecule has 0 radical (unpaired) electrons. The summed E-state index contributed by atoms with van der Waals surface area (Å²) in [5.41, 5.74) is 6.28. The molecule has 1 aromatic rings. The Bertz CT molecular complexity index is 306. The predicted molar refractivity (Wildman–Crippen MR) is 61.1 cm³/mol. The van der Waals surface area contributed by atoms with Gasteiger partial charge in [0.05, 0.1) is 11.8 Å². The Morgan fingerprint density at radius 1 is 1.71 bits per heavy atom. The first-order valence-electron chi connectivity index (χ1n) is 4.46. The molecule has 0 saturated carbocycles. The lowest BCUT2D eigenvalue weighted by Crippen LogP contribution is -2.19. The summed E-state index contributed by atoms with van der Waals surface area (Å²) in [6.07, 6.45) is 2.01. The normalized spacial score (nSPS) is 12.5. The number of aromatic nitrogens is 1. The highest BCUT2D eigenvalue weighted by Gasteiger charge is 2.04. The summed E-state index contributed by atoms with van der Waals surface area (Å²) in [5, 5.41) is 12.3. The second-order valence-electron chi connectivity index (χ2n) is 3.03. The fraction of sp³-hybridized carbons (Fsp3) is 0.444. The molecule has 0 aliphatic carbocycles. The molecule has 0 amide bonds. The Kier molecular flexibility index (Phi) is 4.16. The van der Waals surface area contributed by atoms with Gasteiger partial charge in [0.25, 0.3) is 0 Å². The molecule has 78 valence electrons. The Balaban J connectivity index is 2.59. The number of hydrogen-bond acceptors (Lipinski definition) is 4. The second-order valence-corrected chi connectivity index (χ2v) is 3.95. The van der Waals surface area contributed by atoms with Gasteiger partial charge in [-0.2, -0.15) is 0 Å². The van der Waals surface area contributed by atoms with Crippen LogP contribution in [-0.2, 0) is 0 Å². The van der Waals surface area contributed by atoms with Crippen molar-refractivity contribution in [2.24, 2.45) is 0 Å². The van der Waals surface area contributed by atoms with E-state index in [1.807, 2.05) is 6.92 Å². The van der Waals surface area contributed by atoms with Crippen molar-refractivity contribution in [3.8, 4) is 0 Å². The van der Waals surface area contributed by atoms with Crippen LogP contribution in [0.3, 0.4) is 0 Å². The van der Waals surface area contributed by atoms with Crippen LogP contribution < -0.4 is 11.1 Å². The minimum Gasteiger partial charge on any atom is -0.396 e. The van der Waals surface area contributed by atoms with E-state index in [1.165, 1.54) is 0 Å². The first-order chi connectivity index (χ1) is 6.63. The second kappa shape index (κ2) is 5.17. The Hall–Kier alpha value is -0.810. The van der Waals surface area contributed by atoms with E-state index in [9.17, 15) is 5.11 Å². The summed E-state index contributed by atoms with van der Waals surface area (Å²) in [5.74, 6) is 0.612. The van der Waals surface area contributed by atoms with Crippen molar-refractivity contribution in [2.75, 3.05) is 17.6 Å². The van der Waals surface area contributed by atoms with E-state index >= 15 is 0 Å². The van der Waals surface area contributed by atoms with Crippen molar-refractivity contribution < 1.29 is 5.11 Å². The fourth-order valence-corrected chi connectivity index (χ4v) is 1.31. The first kappa shape index (κ1) is 11.3. The Morgan fingerprint density at radius 3 is 3.00 bits per heavy atom. The van der Waals surface area contributed by atoms with Gasteiger partial charge in [-0.05, 0) is 28.4 Å². The molecule has 1 aromatic heterocycles. The Morgan fingerprint density at radius 2 is 2.43 bits per heavy atom. The molecular weight excluding hydrogens is 246 g/mol. The summed E-state index contributed by atoms with van der Waals surface area (Å²) in [7, 11) is 0. The summed E-state index contributed by atoms with van der Waals surface area (Å²) >= 11 is 3.27. The number of aliphatic hydroxyl groups is 1. The average molecular weight is 260 g/mol. The third kappa shape index (κ3) is 3.16. The molecule has 1 heterocycles. The SMILES string of the molecule is CCC(O)CNc1ncc(Br)cc1N. The number of nitrogens with zero attached hydrogens (tertiary/aromatic N) is 1. The van der Waals surface area contributed by atoms with Crippen molar-refractivity contribution in [2.45, 2.75) is 19.4 Å². The van der Waals surface area contributed by atoms with Gasteiger partial charge >= 0.3 is 0 Å². The molecule has 1 rings (SSSR count). The Labute approximate surface area is 91.7 Å². The molecule has 1 atom stereocenters. The smallest absolute Gasteiger partial charge is 0.149 e. The largest absolute Gasteiger partial charge is 0.396 e. The number of rotatable bonds is 4. The molecule has 0 aromatic carbocycles. The van der Waals surface area contributed by atoms with Crippen LogP contribution in [0, 0.1) is 0 Å². The van der Waals surface area contributed by atoms with E-state index in [0.717, 1.165) is 4.47 Å².